The van der Waals surface area contributed by atoms with Crippen molar-refractivity contribution in [3.05, 3.63) is 0 Å². The first kappa shape index (κ1) is 15.0. The summed E-state index contributed by atoms with van der Waals surface area (Å²) in [6, 6.07) is -0.535. The molecule has 0 aromatic rings. The van der Waals surface area contributed by atoms with E-state index in [4.69, 9.17) is 0 Å². The van der Waals surface area contributed by atoms with E-state index in [1.54, 1.807) is 0 Å². The molecule has 0 aromatic carbocycles. The number of unbranched alkanes of at least 4 members (excludes halogenated alkanes) is 3. The summed E-state index contributed by atoms with van der Waals surface area (Å²) in [5, 5.41) is 2.39. The molecule has 5 nitrogen and oxygen atoms in total. The molecule has 5 heteroatoms. The number of carbonyl (C=O) groups is 3. The van der Waals surface area contributed by atoms with Gasteiger partial charge >= 0.3 is 6.03 Å². The van der Waals surface area contributed by atoms with Crippen molar-refractivity contribution in [2.45, 2.75) is 64.7 Å². The van der Waals surface area contributed by atoms with Gasteiger partial charge in [-0.05, 0) is 19.3 Å². The number of barbiturate groups is 1. The quantitative estimate of drug-likeness (QED) is 0.622. The van der Waals surface area contributed by atoms with E-state index in [1.165, 1.54) is 4.90 Å². The Labute approximate surface area is 120 Å². The molecule has 0 radical (unpaired) electrons. The number of nitrogens with zero attached hydrogens (tertiary/aromatic N) is 1. The molecule has 1 spiro atoms. The van der Waals surface area contributed by atoms with E-state index in [0.717, 1.165) is 44.9 Å². The van der Waals surface area contributed by atoms with Gasteiger partial charge in [-0.1, -0.05) is 45.4 Å². The highest BCUT2D eigenvalue weighted by Crippen LogP contribution is 2.40. The predicted octanol–water partition coefficient (Wildman–Crippen LogP) is 2.60. The van der Waals surface area contributed by atoms with Crippen LogP contribution < -0.4 is 5.32 Å². The van der Waals surface area contributed by atoms with Crippen LogP contribution in [0.1, 0.15) is 64.7 Å². The van der Waals surface area contributed by atoms with E-state index in [2.05, 4.69) is 12.2 Å². The zero-order chi connectivity index (χ0) is 14.6. The van der Waals surface area contributed by atoms with Crippen LogP contribution in [-0.2, 0) is 9.59 Å². The number of amides is 4. The summed E-state index contributed by atoms with van der Waals surface area (Å²) in [5.41, 5.74) is -0.961. The number of hydrogen-bond donors (Lipinski definition) is 1. The molecule has 0 unspecified atom stereocenters. The van der Waals surface area contributed by atoms with Crippen LogP contribution in [0.3, 0.4) is 0 Å². The molecule has 2 aliphatic rings. The number of hydrogen-bond acceptors (Lipinski definition) is 3. The van der Waals surface area contributed by atoms with Crippen LogP contribution in [0.5, 0.6) is 0 Å². The molecular formula is C15H24N2O3. The molecule has 112 valence electrons. The highest BCUT2D eigenvalue weighted by atomic mass is 16.2. The maximum absolute atomic E-state index is 12.6. The SMILES string of the molecule is CCCCCCN1C(=O)NC(=O)C2(CCCCC2)C1=O. The Hall–Kier alpha value is -1.39. The summed E-state index contributed by atoms with van der Waals surface area (Å²) in [7, 11) is 0. The number of rotatable bonds is 5. The third-order valence-electron chi connectivity index (χ3n) is 4.50. The normalized spacial score (nSPS) is 22.2. The smallest absolute Gasteiger partial charge is 0.277 e. The lowest BCUT2D eigenvalue weighted by Gasteiger charge is -2.41. The van der Waals surface area contributed by atoms with Crippen LogP contribution in [0.4, 0.5) is 4.79 Å². The molecule has 4 amide bonds. The monoisotopic (exact) mass is 280 g/mol. The minimum Gasteiger partial charge on any atom is -0.277 e. The largest absolute Gasteiger partial charge is 0.330 e. The van der Waals surface area contributed by atoms with Gasteiger partial charge in [0.15, 0.2) is 0 Å². The van der Waals surface area contributed by atoms with Crippen LogP contribution in [0.25, 0.3) is 0 Å². The third-order valence-corrected chi connectivity index (χ3v) is 4.50. The Morgan fingerprint density at radius 3 is 2.40 bits per heavy atom. The Morgan fingerprint density at radius 2 is 1.75 bits per heavy atom. The molecule has 2 rings (SSSR count). The summed E-state index contributed by atoms with van der Waals surface area (Å²) in [6.07, 6.45) is 8.04. The van der Waals surface area contributed by atoms with Gasteiger partial charge in [0.05, 0.1) is 0 Å². The van der Waals surface area contributed by atoms with Gasteiger partial charge < -0.3 is 0 Å². The number of nitrogens with one attached hydrogen (secondary N) is 1. The van der Waals surface area contributed by atoms with Crippen molar-refractivity contribution in [2.75, 3.05) is 6.54 Å². The zero-order valence-corrected chi connectivity index (χ0v) is 12.2. The van der Waals surface area contributed by atoms with Crippen molar-refractivity contribution < 1.29 is 14.4 Å². The van der Waals surface area contributed by atoms with E-state index in [-0.39, 0.29) is 11.8 Å². The van der Waals surface area contributed by atoms with Gasteiger partial charge in [0.1, 0.15) is 5.41 Å². The van der Waals surface area contributed by atoms with Gasteiger partial charge in [-0.25, -0.2) is 4.79 Å². The summed E-state index contributed by atoms with van der Waals surface area (Å²) in [4.78, 5) is 37.9. The highest BCUT2D eigenvalue weighted by molar-refractivity contribution is 6.19. The molecule has 1 saturated heterocycles. The van der Waals surface area contributed by atoms with E-state index >= 15 is 0 Å². The first-order chi connectivity index (χ1) is 9.62. The maximum atomic E-state index is 12.6. The summed E-state index contributed by atoms with van der Waals surface area (Å²) < 4.78 is 0. The second-order valence-corrected chi connectivity index (χ2v) is 5.92. The van der Waals surface area contributed by atoms with E-state index < -0.39 is 11.4 Å². The van der Waals surface area contributed by atoms with Gasteiger partial charge in [-0.15, -0.1) is 0 Å². The average Bonchev–Trinajstić information content (AvgIpc) is 2.46. The second kappa shape index (κ2) is 6.37. The van der Waals surface area contributed by atoms with Crippen LogP contribution in [0.2, 0.25) is 0 Å². The topological polar surface area (TPSA) is 66.5 Å². The van der Waals surface area contributed by atoms with Gasteiger partial charge in [-0.3, -0.25) is 19.8 Å². The summed E-state index contributed by atoms with van der Waals surface area (Å²) >= 11 is 0. The summed E-state index contributed by atoms with van der Waals surface area (Å²) in [6.45, 7) is 2.55. The molecular weight excluding hydrogens is 256 g/mol. The van der Waals surface area contributed by atoms with Gasteiger partial charge in [0, 0.05) is 6.54 Å². The Kier molecular flexibility index (Phi) is 4.78. The molecule has 20 heavy (non-hydrogen) atoms. The number of imide groups is 2. The fourth-order valence-electron chi connectivity index (χ4n) is 3.23. The molecule has 1 aliphatic carbocycles. The summed E-state index contributed by atoms with van der Waals surface area (Å²) in [5.74, 6) is -0.639. The molecule has 1 saturated carbocycles. The highest BCUT2D eigenvalue weighted by Gasteiger charge is 2.53. The van der Waals surface area contributed by atoms with Gasteiger partial charge in [-0.2, -0.15) is 0 Å². The predicted molar refractivity (Wildman–Crippen MR) is 74.9 cm³/mol. The lowest BCUT2D eigenvalue weighted by Crippen LogP contribution is -2.64. The minimum absolute atomic E-state index is 0.262. The Morgan fingerprint density at radius 1 is 1.05 bits per heavy atom. The van der Waals surface area contributed by atoms with Crippen LogP contribution in [-0.4, -0.2) is 29.3 Å². The number of urea groups is 1. The van der Waals surface area contributed by atoms with Crippen molar-refractivity contribution >= 4 is 17.8 Å². The van der Waals surface area contributed by atoms with E-state index in [9.17, 15) is 14.4 Å². The molecule has 0 bridgehead atoms. The van der Waals surface area contributed by atoms with Crippen molar-refractivity contribution in [1.82, 2.24) is 10.2 Å². The molecule has 0 aromatic heterocycles. The second-order valence-electron chi connectivity index (χ2n) is 5.92. The maximum Gasteiger partial charge on any atom is 0.330 e. The van der Waals surface area contributed by atoms with Crippen molar-refractivity contribution in [3.63, 3.8) is 0 Å². The molecule has 1 N–H and O–H groups in total. The van der Waals surface area contributed by atoms with E-state index in [1.807, 2.05) is 0 Å². The lowest BCUT2D eigenvalue weighted by atomic mass is 9.71. The molecule has 1 aliphatic heterocycles. The fourth-order valence-corrected chi connectivity index (χ4v) is 3.23. The van der Waals surface area contributed by atoms with Crippen molar-refractivity contribution in [1.29, 1.82) is 0 Å². The standard InChI is InChI=1S/C15H24N2O3/c1-2-3-4-8-11-17-13(19)15(9-6-5-7-10-15)12(18)16-14(17)20/h2-11H2,1H3,(H,16,18,20). The van der Waals surface area contributed by atoms with Crippen LogP contribution >= 0.6 is 0 Å². The number of carbonyl (C=O) groups excluding carboxylic acids is 3. The minimum atomic E-state index is -0.961. The Balaban J connectivity index is 2.06. The van der Waals surface area contributed by atoms with Crippen molar-refractivity contribution in [3.8, 4) is 0 Å². The van der Waals surface area contributed by atoms with Gasteiger partial charge in [0.2, 0.25) is 11.8 Å². The van der Waals surface area contributed by atoms with Gasteiger partial charge in [0.25, 0.3) is 0 Å². The van der Waals surface area contributed by atoms with Crippen molar-refractivity contribution in [2.24, 2.45) is 5.41 Å². The Bertz CT molecular complexity index is 400. The first-order valence-electron chi connectivity index (χ1n) is 7.79. The average molecular weight is 280 g/mol. The van der Waals surface area contributed by atoms with E-state index in [0.29, 0.717) is 19.4 Å². The van der Waals surface area contributed by atoms with Crippen LogP contribution in [0, 0.1) is 5.41 Å². The molecule has 2 fully saturated rings. The fraction of sp³-hybridized carbons (Fsp3) is 0.800. The molecule has 1 heterocycles. The van der Waals surface area contributed by atoms with Crippen LogP contribution in [0.15, 0.2) is 0 Å². The lowest BCUT2D eigenvalue weighted by molar-refractivity contribution is -0.153. The zero-order valence-electron chi connectivity index (χ0n) is 12.2. The first-order valence-corrected chi connectivity index (χ1v) is 7.79. The third kappa shape index (κ3) is 2.72. The molecule has 0 atom stereocenters.